The molecule has 114 valence electrons. The second-order valence-electron chi connectivity index (χ2n) is 5.22. The van der Waals surface area contributed by atoms with Gasteiger partial charge in [-0.2, -0.15) is 0 Å². The number of fused-ring (bicyclic) bond motifs is 1. The normalized spacial score (nSPS) is 15.8. The summed E-state index contributed by atoms with van der Waals surface area (Å²) in [7, 11) is 0. The van der Waals surface area contributed by atoms with Crippen LogP contribution in [0.4, 0.5) is 0 Å². The van der Waals surface area contributed by atoms with Crippen LogP contribution < -0.4 is 11.1 Å². The predicted molar refractivity (Wildman–Crippen MR) is 83.1 cm³/mol. The highest BCUT2D eigenvalue weighted by atomic mass is 35.5. The minimum absolute atomic E-state index is 0.228. The number of nitrogens with one attached hydrogen (secondary N) is 1. The number of hydrogen-bond donors (Lipinski definition) is 2. The van der Waals surface area contributed by atoms with E-state index in [1.54, 1.807) is 6.20 Å². The monoisotopic (exact) mass is 309 g/mol. The molecule has 1 aliphatic carbocycles. The van der Waals surface area contributed by atoms with Crippen LogP contribution in [-0.2, 0) is 4.79 Å². The van der Waals surface area contributed by atoms with Crippen molar-refractivity contribution in [2.45, 2.75) is 32.2 Å². The third-order valence-electron chi connectivity index (χ3n) is 3.81. The van der Waals surface area contributed by atoms with Crippen molar-refractivity contribution < 1.29 is 9.21 Å². The predicted octanol–water partition coefficient (Wildman–Crippen LogP) is 2.65. The van der Waals surface area contributed by atoms with Gasteiger partial charge >= 0.3 is 0 Å². The molecule has 1 aliphatic rings. The molecule has 1 saturated carbocycles. The topological polar surface area (TPSA) is 81.2 Å². The molecule has 1 atom stereocenters. The van der Waals surface area contributed by atoms with Gasteiger partial charge in [-0.05, 0) is 31.7 Å². The molecule has 1 fully saturated rings. The van der Waals surface area contributed by atoms with Crippen LogP contribution in [0.15, 0.2) is 22.9 Å². The minimum atomic E-state index is 0.228. The van der Waals surface area contributed by atoms with Gasteiger partial charge in [0.15, 0.2) is 5.58 Å². The summed E-state index contributed by atoms with van der Waals surface area (Å²) >= 11 is 5.82. The first-order chi connectivity index (χ1) is 10.2. The maximum absolute atomic E-state index is 10.1. The highest BCUT2D eigenvalue weighted by molar-refractivity contribution is 6.35. The minimum Gasteiger partial charge on any atom is -0.461 e. The Morgan fingerprint density at radius 3 is 2.95 bits per heavy atom. The lowest BCUT2D eigenvalue weighted by Gasteiger charge is -2.32. The number of pyridine rings is 1. The van der Waals surface area contributed by atoms with E-state index in [9.17, 15) is 4.79 Å². The maximum Gasteiger partial charge on any atom is 0.207 e. The van der Waals surface area contributed by atoms with Crippen LogP contribution in [-0.4, -0.2) is 24.0 Å². The van der Waals surface area contributed by atoms with Crippen LogP contribution in [0.25, 0.3) is 11.0 Å². The molecule has 0 aliphatic heterocycles. The van der Waals surface area contributed by atoms with Gasteiger partial charge in [0.05, 0.1) is 11.2 Å². The third-order valence-corrected chi connectivity index (χ3v) is 4.10. The van der Waals surface area contributed by atoms with Crippen molar-refractivity contribution in [3.8, 4) is 0 Å². The average Bonchev–Trinajstić information content (AvgIpc) is 2.78. The molecule has 0 aromatic carbocycles. The first-order valence-corrected chi connectivity index (χ1v) is 7.42. The molecule has 1 amide bonds. The molecular weight excluding hydrogens is 290 g/mol. The zero-order chi connectivity index (χ0) is 15.2. The van der Waals surface area contributed by atoms with Crippen molar-refractivity contribution in [1.82, 2.24) is 10.3 Å². The van der Waals surface area contributed by atoms with E-state index in [0.717, 1.165) is 23.1 Å². The SMILES string of the molecule is Cc1cc2c(Cl)coc2cn1.NCC(NC=O)C1CCC1. The highest BCUT2D eigenvalue weighted by Crippen LogP contribution is 2.28. The van der Waals surface area contributed by atoms with Gasteiger partial charge in [0.1, 0.15) is 6.26 Å². The number of nitrogens with two attached hydrogens (primary N) is 1. The van der Waals surface area contributed by atoms with Crippen LogP contribution in [0.1, 0.15) is 25.0 Å². The van der Waals surface area contributed by atoms with E-state index in [0.29, 0.717) is 17.5 Å². The van der Waals surface area contributed by atoms with Crippen LogP contribution in [0, 0.1) is 12.8 Å². The number of carbonyl (C=O) groups excluding carboxylic acids is 1. The van der Waals surface area contributed by atoms with Gasteiger partial charge in [-0.1, -0.05) is 18.0 Å². The summed E-state index contributed by atoms with van der Waals surface area (Å²) in [6.07, 6.45) is 7.69. The fraction of sp³-hybridized carbons (Fsp3) is 0.467. The lowest BCUT2D eigenvalue weighted by molar-refractivity contribution is -0.110. The van der Waals surface area contributed by atoms with Crippen LogP contribution in [0.5, 0.6) is 0 Å². The summed E-state index contributed by atoms with van der Waals surface area (Å²) in [5, 5.41) is 4.30. The first kappa shape index (κ1) is 15.8. The molecule has 3 N–H and O–H groups in total. The van der Waals surface area contributed by atoms with Crippen molar-refractivity contribution in [1.29, 1.82) is 0 Å². The summed E-state index contributed by atoms with van der Waals surface area (Å²) in [5.41, 5.74) is 7.13. The largest absolute Gasteiger partial charge is 0.461 e. The molecule has 0 bridgehead atoms. The Bertz CT molecular complexity index is 596. The number of halogens is 1. The Morgan fingerprint density at radius 1 is 1.62 bits per heavy atom. The molecule has 0 saturated heterocycles. The van der Waals surface area contributed by atoms with Crippen molar-refractivity contribution in [2.75, 3.05) is 6.54 Å². The summed E-state index contributed by atoms with van der Waals surface area (Å²) < 4.78 is 5.11. The summed E-state index contributed by atoms with van der Waals surface area (Å²) in [6, 6.07) is 2.13. The Hall–Kier alpha value is -1.59. The van der Waals surface area contributed by atoms with E-state index in [1.807, 2.05) is 13.0 Å². The number of aryl methyl sites for hydroxylation is 1. The quantitative estimate of drug-likeness (QED) is 0.851. The smallest absolute Gasteiger partial charge is 0.207 e. The first-order valence-electron chi connectivity index (χ1n) is 7.04. The Balaban J connectivity index is 0.000000155. The maximum atomic E-state index is 10.1. The Morgan fingerprint density at radius 2 is 2.38 bits per heavy atom. The summed E-state index contributed by atoms with van der Waals surface area (Å²) in [5.74, 6) is 0.648. The van der Waals surface area contributed by atoms with Crippen molar-refractivity contribution in [2.24, 2.45) is 11.7 Å². The molecule has 0 radical (unpaired) electrons. The second-order valence-corrected chi connectivity index (χ2v) is 5.63. The third kappa shape index (κ3) is 3.95. The van der Waals surface area contributed by atoms with Gasteiger partial charge in [0.2, 0.25) is 6.41 Å². The average molecular weight is 310 g/mol. The number of nitrogens with zero attached hydrogens (tertiary/aromatic N) is 1. The Labute approximate surface area is 128 Å². The standard InChI is InChI=1S/C8H6ClNO.C7H14N2O/c1-5-2-6-7(9)4-11-8(6)3-10-5;8-4-7(9-5-10)6-2-1-3-6/h2-4H,1H3;5-7H,1-4,8H2,(H,9,10). The van der Waals surface area contributed by atoms with E-state index in [4.69, 9.17) is 21.8 Å². The number of rotatable bonds is 4. The molecule has 2 aromatic rings. The summed E-state index contributed by atoms with van der Waals surface area (Å²) in [6.45, 7) is 2.49. The number of hydrogen-bond acceptors (Lipinski definition) is 4. The Kier molecular flexibility index (Phi) is 5.59. The van der Waals surface area contributed by atoms with Crippen molar-refractivity contribution in [3.05, 3.63) is 29.2 Å². The van der Waals surface area contributed by atoms with E-state index in [2.05, 4.69) is 10.3 Å². The molecule has 5 nitrogen and oxygen atoms in total. The molecule has 3 rings (SSSR count). The fourth-order valence-electron chi connectivity index (χ4n) is 2.33. The molecule has 2 heterocycles. The molecule has 6 heteroatoms. The van der Waals surface area contributed by atoms with Gasteiger partial charge in [-0.15, -0.1) is 0 Å². The lowest BCUT2D eigenvalue weighted by atomic mass is 9.80. The second kappa shape index (κ2) is 7.43. The van der Waals surface area contributed by atoms with Crippen molar-refractivity contribution in [3.63, 3.8) is 0 Å². The lowest BCUT2D eigenvalue weighted by Crippen LogP contribution is -2.44. The van der Waals surface area contributed by atoms with Crippen LogP contribution >= 0.6 is 11.6 Å². The van der Waals surface area contributed by atoms with E-state index < -0.39 is 0 Å². The van der Waals surface area contributed by atoms with E-state index in [1.165, 1.54) is 25.5 Å². The molecule has 0 spiro atoms. The number of carbonyl (C=O) groups is 1. The number of aromatic nitrogens is 1. The van der Waals surface area contributed by atoms with E-state index in [-0.39, 0.29) is 6.04 Å². The molecule has 1 unspecified atom stereocenters. The van der Waals surface area contributed by atoms with E-state index >= 15 is 0 Å². The number of furan rings is 1. The highest BCUT2D eigenvalue weighted by Gasteiger charge is 2.25. The number of amides is 1. The summed E-state index contributed by atoms with van der Waals surface area (Å²) in [4.78, 5) is 14.1. The van der Waals surface area contributed by atoms with Gasteiger partial charge in [0.25, 0.3) is 0 Å². The van der Waals surface area contributed by atoms with Crippen LogP contribution in [0.3, 0.4) is 0 Å². The fourth-order valence-corrected chi connectivity index (χ4v) is 2.52. The van der Waals surface area contributed by atoms with Crippen LogP contribution in [0.2, 0.25) is 5.02 Å². The van der Waals surface area contributed by atoms with Crippen molar-refractivity contribution >= 4 is 29.0 Å². The molecule has 2 aromatic heterocycles. The van der Waals surface area contributed by atoms with Gasteiger partial charge < -0.3 is 15.5 Å². The molecular formula is C15H20ClN3O2. The molecule has 21 heavy (non-hydrogen) atoms. The van der Waals surface area contributed by atoms with Gasteiger partial charge in [0, 0.05) is 23.7 Å². The van der Waals surface area contributed by atoms with Gasteiger partial charge in [-0.3, -0.25) is 9.78 Å². The zero-order valence-electron chi connectivity index (χ0n) is 12.0. The van der Waals surface area contributed by atoms with Gasteiger partial charge in [-0.25, -0.2) is 0 Å². The zero-order valence-corrected chi connectivity index (χ0v) is 12.8.